The quantitative estimate of drug-likeness (QED) is 0.855. The zero-order chi connectivity index (χ0) is 13.7. The summed E-state index contributed by atoms with van der Waals surface area (Å²) in [5.74, 6) is 0. The molecule has 2 saturated heterocycles. The third-order valence-electron chi connectivity index (χ3n) is 3.92. The molecule has 0 amide bonds. The third-order valence-corrected chi connectivity index (χ3v) is 3.92. The van der Waals surface area contributed by atoms with Gasteiger partial charge in [-0.1, -0.05) is 6.07 Å². The molecule has 0 saturated carbocycles. The Balaban J connectivity index is 1.86. The molecule has 2 unspecified atom stereocenters. The van der Waals surface area contributed by atoms with Gasteiger partial charge in [0.1, 0.15) is 5.69 Å². The zero-order valence-electron chi connectivity index (χ0n) is 10.2. The number of rotatable bonds is 1. The maximum Gasteiger partial charge on any atom is 0.433 e. The average Bonchev–Trinajstić information content (AvgIpc) is 2.68. The summed E-state index contributed by atoms with van der Waals surface area (Å²) in [5, 5.41) is 10.6. The number of fused-ring (bicyclic) bond motifs is 2. The Kier molecular flexibility index (Phi) is 2.83. The van der Waals surface area contributed by atoms with E-state index in [4.69, 9.17) is 4.74 Å². The van der Waals surface area contributed by atoms with Gasteiger partial charge in [0.05, 0.1) is 17.8 Å². The van der Waals surface area contributed by atoms with Crippen molar-refractivity contribution in [3.05, 3.63) is 29.6 Å². The van der Waals surface area contributed by atoms with Gasteiger partial charge in [-0.2, -0.15) is 13.2 Å². The van der Waals surface area contributed by atoms with Crippen molar-refractivity contribution in [3.63, 3.8) is 0 Å². The lowest BCUT2D eigenvalue weighted by molar-refractivity contribution is -0.141. The summed E-state index contributed by atoms with van der Waals surface area (Å²) in [7, 11) is 0. The molecule has 2 atom stereocenters. The molecular weight excluding hydrogens is 259 g/mol. The Hall–Kier alpha value is -1.14. The maximum atomic E-state index is 12.4. The highest BCUT2D eigenvalue weighted by Crippen LogP contribution is 2.44. The molecule has 19 heavy (non-hydrogen) atoms. The molecule has 0 radical (unpaired) electrons. The minimum absolute atomic E-state index is 0.00560. The lowest BCUT2D eigenvalue weighted by Crippen LogP contribution is -2.38. The predicted molar refractivity (Wildman–Crippen MR) is 60.3 cm³/mol. The summed E-state index contributed by atoms with van der Waals surface area (Å²) in [6.45, 7) is 0. The minimum atomic E-state index is -4.45. The van der Waals surface area contributed by atoms with Gasteiger partial charge in [0.25, 0.3) is 0 Å². The molecular formula is C13H14F3NO2. The fourth-order valence-corrected chi connectivity index (χ4v) is 2.99. The van der Waals surface area contributed by atoms with E-state index in [0.717, 1.165) is 25.1 Å². The highest BCUT2D eigenvalue weighted by molar-refractivity contribution is 5.23. The Morgan fingerprint density at radius 1 is 1.21 bits per heavy atom. The average molecular weight is 273 g/mol. The van der Waals surface area contributed by atoms with E-state index in [9.17, 15) is 18.3 Å². The summed E-state index contributed by atoms with van der Waals surface area (Å²) < 4.78 is 43.0. The van der Waals surface area contributed by atoms with Crippen LogP contribution >= 0.6 is 0 Å². The van der Waals surface area contributed by atoms with Crippen LogP contribution in [0.15, 0.2) is 18.3 Å². The van der Waals surface area contributed by atoms with Gasteiger partial charge in [-0.3, -0.25) is 4.98 Å². The normalized spacial score (nSPS) is 34.5. The van der Waals surface area contributed by atoms with E-state index >= 15 is 0 Å². The number of hydrogen-bond donors (Lipinski definition) is 1. The van der Waals surface area contributed by atoms with Crippen LogP contribution in [0.5, 0.6) is 0 Å². The van der Waals surface area contributed by atoms with Gasteiger partial charge in [0, 0.05) is 24.6 Å². The van der Waals surface area contributed by atoms with Crippen LogP contribution in [0.25, 0.3) is 0 Å². The van der Waals surface area contributed by atoms with E-state index in [-0.39, 0.29) is 12.2 Å². The molecule has 2 fully saturated rings. The zero-order valence-corrected chi connectivity index (χ0v) is 10.2. The van der Waals surface area contributed by atoms with E-state index < -0.39 is 17.5 Å². The standard InChI is InChI=1S/C13H14F3NO2/c14-13(15,16)11-4-1-8(7-17-11)12(18)5-9-2-3-10(6-12)19-9/h1,4,7,9-10,18H,2-3,5-6H2. The van der Waals surface area contributed by atoms with Crippen LogP contribution < -0.4 is 0 Å². The second-order valence-electron chi connectivity index (χ2n) is 5.33. The molecule has 2 bridgehead atoms. The van der Waals surface area contributed by atoms with Gasteiger partial charge >= 0.3 is 6.18 Å². The number of pyridine rings is 1. The number of aromatic nitrogens is 1. The second kappa shape index (κ2) is 4.18. The molecule has 1 N–H and O–H groups in total. The monoisotopic (exact) mass is 273 g/mol. The van der Waals surface area contributed by atoms with Crippen molar-refractivity contribution in [2.24, 2.45) is 0 Å². The lowest BCUT2D eigenvalue weighted by atomic mass is 9.84. The predicted octanol–water partition coefficient (Wildman–Crippen LogP) is 2.63. The minimum Gasteiger partial charge on any atom is -0.385 e. The van der Waals surface area contributed by atoms with E-state index in [2.05, 4.69) is 4.98 Å². The van der Waals surface area contributed by atoms with Crippen LogP contribution in [0.1, 0.15) is 36.9 Å². The van der Waals surface area contributed by atoms with E-state index in [0.29, 0.717) is 18.4 Å². The maximum absolute atomic E-state index is 12.4. The van der Waals surface area contributed by atoms with Crippen LogP contribution in [-0.4, -0.2) is 22.3 Å². The number of aliphatic hydroxyl groups is 1. The first kappa shape index (κ1) is 12.9. The summed E-state index contributed by atoms with van der Waals surface area (Å²) in [4.78, 5) is 3.42. The van der Waals surface area contributed by atoms with Gasteiger partial charge in [0.2, 0.25) is 0 Å². The molecule has 2 aliphatic rings. The first-order chi connectivity index (χ1) is 8.87. The molecule has 3 nitrogen and oxygen atoms in total. The molecule has 104 valence electrons. The Labute approximate surface area is 108 Å². The molecule has 2 aliphatic heterocycles. The number of hydrogen-bond acceptors (Lipinski definition) is 3. The van der Waals surface area contributed by atoms with Crippen molar-refractivity contribution in [2.75, 3.05) is 0 Å². The Morgan fingerprint density at radius 3 is 2.32 bits per heavy atom. The SMILES string of the molecule is OC1(c2ccc(C(F)(F)F)nc2)CC2CCC(C1)O2. The van der Waals surface area contributed by atoms with Crippen LogP contribution in [-0.2, 0) is 16.5 Å². The number of nitrogens with zero attached hydrogens (tertiary/aromatic N) is 1. The third kappa shape index (κ3) is 2.34. The van der Waals surface area contributed by atoms with E-state index in [1.54, 1.807) is 0 Å². The highest BCUT2D eigenvalue weighted by Gasteiger charge is 2.45. The molecule has 6 heteroatoms. The molecule has 1 aromatic rings. The topological polar surface area (TPSA) is 42.4 Å². The van der Waals surface area contributed by atoms with Crippen LogP contribution in [0.2, 0.25) is 0 Å². The second-order valence-corrected chi connectivity index (χ2v) is 5.33. The first-order valence-electron chi connectivity index (χ1n) is 6.28. The largest absolute Gasteiger partial charge is 0.433 e. The van der Waals surface area contributed by atoms with Crippen molar-refractivity contribution in [2.45, 2.75) is 49.7 Å². The van der Waals surface area contributed by atoms with Crippen molar-refractivity contribution in [1.82, 2.24) is 4.98 Å². The summed E-state index contributed by atoms with van der Waals surface area (Å²) in [6.07, 6.45) is -0.643. The smallest absolute Gasteiger partial charge is 0.385 e. The number of halogens is 3. The Bertz CT molecular complexity index is 460. The van der Waals surface area contributed by atoms with Crippen LogP contribution in [0.4, 0.5) is 13.2 Å². The molecule has 0 aliphatic carbocycles. The van der Waals surface area contributed by atoms with Crippen molar-refractivity contribution in [3.8, 4) is 0 Å². The fourth-order valence-electron chi connectivity index (χ4n) is 2.99. The van der Waals surface area contributed by atoms with E-state index in [1.165, 1.54) is 6.07 Å². The fraction of sp³-hybridized carbons (Fsp3) is 0.615. The van der Waals surface area contributed by atoms with Crippen LogP contribution in [0.3, 0.4) is 0 Å². The van der Waals surface area contributed by atoms with Gasteiger partial charge in [-0.05, 0) is 18.9 Å². The molecule has 3 rings (SSSR count). The number of ether oxygens (including phenoxy) is 1. The lowest BCUT2D eigenvalue weighted by Gasteiger charge is -2.36. The molecule has 0 spiro atoms. The van der Waals surface area contributed by atoms with E-state index in [1.807, 2.05) is 0 Å². The van der Waals surface area contributed by atoms with Gasteiger partial charge < -0.3 is 9.84 Å². The summed E-state index contributed by atoms with van der Waals surface area (Å²) >= 11 is 0. The van der Waals surface area contributed by atoms with Crippen molar-refractivity contribution in [1.29, 1.82) is 0 Å². The highest BCUT2D eigenvalue weighted by atomic mass is 19.4. The molecule has 1 aromatic heterocycles. The van der Waals surface area contributed by atoms with Gasteiger partial charge in [-0.15, -0.1) is 0 Å². The Morgan fingerprint density at radius 2 is 1.84 bits per heavy atom. The number of alkyl halides is 3. The van der Waals surface area contributed by atoms with Crippen molar-refractivity contribution < 1.29 is 23.0 Å². The van der Waals surface area contributed by atoms with Gasteiger partial charge in [-0.25, -0.2) is 0 Å². The van der Waals surface area contributed by atoms with Crippen LogP contribution in [0, 0.1) is 0 Å². The van der Waals surface area contributed by atoms with Gasteiger partial charge in [0.15, 0.2) is 0 Å². The van der Waals surface area contributed by atoms with Crippen molar-refractivity contribution >= 4 is 0 Å². The summed E-state index contributed by atoms with van der Waals surface area (Å²) in [6, 6.07) is 2.24. The summed E-state index contributed by atoms with van der Waals surface area (Å²) in [5.41, 5.74) is -1.60. The molecule has 3 heterocycles. The molecule has 0 aromatic carbocycles. The first-order valence-corrected chi connectivity index (χ1v) is 6.28.